The van der Waals surface area contributed by atoms with Crippen molar-refractivity contribution in [2.24, 2.45) is 0 Å². The van der Waals surface area contributed by atoms with E-state index in [9.17, 15) is 9.59 Å². The van der Waals surface area contributed by atoms with Crippen LogP contribution in [-0.4, -0.2) is 43.4 Å². The molecule has 9 heteroatoms. The maximum atomic E-state index is 12.3. The van der Waals surface area contributed by atoms with Gasteiger partial charge in [0.05, 0.1) is 29.6 Å². The summed E-state index contributed by atoms with van der Waals surface area (Å²) in [6.07, 6.45) is -0.956. The highest BCUT2D eigenvalue weighted by atomic mass is 35.5. The normalized spacial score (nSPS) is 15.8. The standard InChI is InChI=1S/C22H18Cl2N2O5/c1-12-4-3-5-14(6-12)26-10-15(31-22(26)28)11-30-19-9-18(21(27)29-2)25-17-8-13(23)7-16(24)20(17)19/h3-9,15H,10-11H2,1-2H3. The molecule has 31 heavy (non-hydrogen) atoms. The zero-order valence-electron chi connectivity index (χ0n) is 16.7. The Morgan fingerprint density at radius 3 is 2.81 bits per heavy atom. The number of rotatable bonds is 5. The van der Waals surface area contributed by atoms with Crippen LogP contribution in [0.15, 0.2) is 42.5 Å². The maximum absolute atomic E-state index is 12.3. The number of fused-ring (bicyclic) bond motifs is 1. The molecule has 7 nitrogen and oxygen atoms in total. The van der Waals surface area contributed by atoms with Gasteiger partial charge in [-0.25, -0.2) is 14.6 Å². The van der Waals surface area contributed by atoms with Crippen LogP contribution in [0.3, 0.4) is 0 Å². The number of aryl methyl sites for hydroxylation is 1. The first kappa shape index (κ1) is 21.2. The van der Waals surface area contributed by atoms with Gasteiger partial charge < -0.3 is 14.2 Å². The van der Waals surface area contributed by atoms with E-state index in [4.69, 9.17) is 37.4 Å². The van der Waals surface area contributed by atoms with Gasteiger partial charge in [-0.3, -0.25) is 4.90 Å². The molecule has 1 aromatic heterocycles. The predicted molar refractivity (Wildman–Crippen MR) is 117 cm³/mol. The van der Waals surface area contributed by atoms with Crippen LogP contribution in [0.25, 0.3) is 10.9 Å². The molecule has 0 saturated carbocycles. The van der Waals surface area contributed by atoms with Crippen molar-refractivity contribution in [3.05, 3.63) is 63.8 Å². The van der Waals surface area contributed by atoms with Crippen LogP contribution in [-0.2, 0) is 9.47 Å². The maximum Gasteiger partial charge on any atom is 0.414 e. The summed E-state index contributed by atoms with van der Waals surface area (Å²) in [4.78, 5) is 30.2. The number of halogens is 2. The lowest BCUT2D eigenvalue weighted by molar-refractivity contribution is 0.0594. The zero-order chi connectivity index (χ0) is 22.1. The number of carbonyl (C=O) groups excluding carboxylic acids is 2. The van der Waals surface area contributed by atoms with Gasteiger partial charge in [-0.05, 0) is 36.8 Å². The van der Waals surface area contributed by atoms with E-state index in [0.717, 1.165) is 11.3 Å². The molecule has 3 aromatic rings. The fourth-order valence-corrected chi connectivity index (χ4v) is 3.95. The molecule has 160 valence electrons. The largest absolute Gasteiger partial charge is 0.489 e. The Kier molecular flexibility index (Phi) is 5.89. The van der Waals surface area contributed by atoms with Crippen LogP contribution in [0.2, 0.25) is 10.0 Å². The van der Waals surface area contributed by atoms with E-state index in [-0.39, 0.29) is 12.3 Å². The van der Waals surface area contributed by atoms with Crippen molar-refractivity contribution in [2.75, 3.05) is 25.2 Å². The highest BCUT2D eigenvalue weighted by Crippen LogP contribution is 2.35. The first-order valence-corrected chi connectivity index (χ1v) is 10.2. The molecule has 1 atom stereocenters. The molecular weight excluding hydrogens is 443 g/mol. The van der Waals surface area contributed by atoms with Crippen LogP contribution in [0.4, 0.5) is 10.5 Å². The number of carbonyl (C=O) groups is 2. The molecule has 0 N–H and O–H groups in total. The Bertz CT molecular complexity index is 1180. The molecule has 1 amide bonds. The van der Waals surface area contributed by atoms with Gasteiger partial charge in [-0.2, -0.15) is 0 Å². The van der Waals surface area contributed by atoms with E-state index in [0.29, 0.717) is 33.2 Å². The van der Waals surface area contributed by atoms with Crippen molar-refractivity contribution < 1.29 is 23.8 Å². The Labute approximate surface area is 188 Å². The number of hydrogen-bond donors (Lipinski definition) is 0. The summed E-state index contributed by atoms with van der Waals surface area (Å²) >= 11 is 12.4. The molecule has 2 heterocycles. The minimum Gasteiger partial charge on any atom is -0.489 e. The van der Waals surface area contributed by atoms with Crippen molar-refractivity contribution in [1.82, 2.24) is 4.98 Å². The Balaban J connectivity index is 1.59. The summed E-state index contributed by atoms with van der Waals surface area (Å²) in [5, 5.41) is 1.20. The second kappa shape index (κ2) is 8.61. The van der Waals surface area contributed by atoms with Crippen molar-refractivity contribution in [3.63, 3.8) is 0 Å². The molecule has 4 rings (SSSR count). The monoisotopic (exact) mass is 460 g/mol. The van der Waals surface area contributed by atoms with Gasteiger partial charge in [0.25, 0.3) is 0 Å². The van der Waals surface area contributed by atoms with Crippen LogP contribution in [0.5, 0.6) is 5.75 Å². The SMILES string of the molecule is COC(=O)c1cc(OCC2CN(c3cccc(C)c3)C(=O)O2)c2c(Cl)cc(Cl)cc2n1. The Morgan fingerprint density at radius 1 is 1.26 bits per heavy atom. The number of anilines is 1. The van der Waals surface area contributed by atoms with E-state index >= 15 is 0 Å². The van der Waals surface area contributed by atoms with Gasteiger partial charge in [0.15, 0.2) is 11.8 Å². The van der Waals surface area contributed by atoms with E-state index in [1.165, 1.54) is 13.2 Å². The third kappa shape index (κ3) is 4.38. The number of benzene rings is 2. The summed E-state index contributed by atoms with van der Waals surface area (Å²) in [5.41, 5.74) is 2.23. The number of hydrogen-bond acceptors (Lipinski definition) is 6. The first-order valence-electron chi connectivity index (χ1n) is 9.41. The van der Waals surface area contributed by atoms with Crippen molar-refractivity contribution in [2.45, 2.75) is 13.0 Å². The summed E-state index contributed by atoms with van der Waals surface area (Å²) < 4.78 is 16.2. The highest BCUT2D eigenvalue weighted by Gasteiger charge is 2.33. The van der Waals surface area contributed by atoms with Gasteiger partial charge in [0.1, 0.15) is 12.4 Å². The van der Waals surface area contributed by atoms with E-state index in [1.54, 1.807) is 17.0 Å². The third-order valence-corrected chi connectivity index (χ3v) is 5.31. The summed E-state index contributed by atoms with van der Waals surface area (Å²) in [6, 6.07) is 12.2. The van der Waals surface area contributed by atoms with Crippen LogP contribution in [0, 0.1) is 6.92 Å². The number of nitrogens with zero attached hydrogens (tertiary/aromatic N) is 2. The minimum atomic E-state index is -0.624. The van der Waals surface area contributed by atoms with Gasteiger partial charge in [0, 0.05) is 16.8 Å². The van der Waals surface area contributed by atoms with E-state index in [2.05, 4.69) is 4.98 Å². The lowest BCUT2D eigenvalue weighted by Crippen LogP contribution is -2.26. The molecule has 1 aliphatic heterocycles. The average molecular weight is 461 g/mol. The van der Waals surface area contributed by atoms with Crippen molar-refractivity contribution in [3.8, 4) is 5.75 Å². The van der Waals surface area contributed by atoms with E-state index in [1.807, 2.05) is 31.2 Å². The number of aromatic nitrogens is 1. The molecule has 0 aliphatic carbocycles. The lowest BCUT2D eigenvalue weighted by atomic mass is 10.1. The predicted octanol–water partition coefficient (Wildman–Crippen LogP) is 5.04. The van der Waals surface area contributed by atoms with Gasteiger partial charge in [-0.1, -0.05) is 35.3 Å². The van der Waals surface area contributed by atoms with Gasteiger partial charge in [-0.15, -0.1) is 0 Å². The summed E-state index contributed by atoms with van der Waals surface area (Å²) in [7, 11) is 1.26. The Hall–Kier alpha value is -3.03. The number of esters is 1. The molecule has 1 fully saturated rings. The van der Waals surface area contributed by atoms with Crippen LogP contribution >= 0.6 is 23.2 Å². The van der Waals surface area contributed by atoms with E-state index < -0.39 is 18.2 Å². The molecule has 0 spiro atoms. The second-order valence-corrected chi connectivity index (χ2v) is 7.89. The summed E-state index contributed by atoms with van der Waals surface area (Å²) in [5.74, 6) is -0.308. The van der Waals surface area contributed by atoms with Crippen molar-refractivity contribution in [1.29, 1.82) is 0 Å². The lowest BCUT2D eigenvalue weighted by Gasteiger charge is -2.15. The second-order valence-electron chi connectivity index (χ2n) is 7.05. The zero-order valence-corrected chi connectivity index (χ0v) is 18.2. The van der Waals surface area contributed by atoms with Gasteiger partial charge in [0.2, 0.25) is 0 Å². The molecule has 0 bridgehead atoms. The van der Waals surface area contributed by atoms with Gasteiger partial charge >= 0.3 is 12.1 Å². The highest BCUT2D eigenvalue weighted by molar-refractivity contribution is 6.39. The average Bonchev–Trinajstić information content (AvgIpc) is 3.11. The number of methoxy groups -OCH3 is 1. The molecule has 1 unspecified atom stereocenters. The molecule has 2 aromatic carbocycles. The first-order chi connectivity index (χ1) is 14.9. The fourth-order valence-electron chi connectivity index (χ4n) is 3.37. The number of amides is 1. The molecular formula is C22H18Cl2N2O5. The topological polar surface area (TPSA) is 78.0 Å². The smallest absolute Gasteiger partial charge is 0.414 e. The molecule has 0 radical (unpaired) electrons. The van der Waals surface area contributed by atoms with Crippen molar-refractivity contribution >= 4 is 51.9 Å². The third-order valence-electron chi connectivity index (χ3n) is 4.80. The molecule has 1 aliphatic rings. The minimum absolute atomic E-state index is 0.0492. The number of pyridine rings is 1. The van der Waals surface area contributed by atoms with Crippen LogP contribution in [0.1, 0.15) is 16.1 Å². The fraction of sp³-hybridized carbons (Fsp3) is 0.227. The number of cyclic esters (lactones) is 1. The quantitative estimate of drug-likeness (QED) is 0.496. The molecule has 1 saturated heterocycles. The summed E-state index contributed by atoms with van der Waals surface area (Å²) in [6.45, 7) is 2.34. The Morgan fingerprint density at radius 2 is 2.06 bits per heavy atom. The number of ether oxygens (including phenoxy) is 3. The van der Waals surface area contributed by atoms with Crippen LogP contribution < -0.4 is 9.64 Å².